The molecule has 2 N–H and O–H groups in total. The Hall–Kier alpha value is -1.23. The molecule has 94 valence electrons. The predicted octanol–water partition coefficient (Wildman–Crippen LogP) is 4.15. The van der Waals surface area contributed by atoms with Crippen molar-refractivity contribution >= 4 is 23.1 Å². The zero-order valence-electron chi connectivity index (χ0n) is 9.18. The molecular formula is C11H12ClF3N2. The van der Waals surface area contributed by atoms with Crippen LogP contribution in [0, 0.1) is 0 Å². The maximum absolute atomic E-state index is 12.7. The zero-order valence-corrected chi connectivity index (χ0v) is 9.94. The van der Waals surface area contributed by atoms with Gasteiger partial charge in [-0.1, -0.05) is 18.5 Å². The molecule has 6 heteroatoms. The van der Waals surface area contributed by atoms with Gasteiger partial charge in [0.05, 0.1) is 17.1 Å². The number of benzene rings is 1. The molecule has 2 nitrogen and oxygen atoms in total. The van der Waals surface area contributed by atoms with Gasteiger partial charge >= 0.3 is 6.18 Å². The van der Waals surface area contributed by atoms with Gasteiger partial charge in [-0.3, -0.25) is 0 Å². The molecule has 0 saturated carbocycles. The number of amidine groups is 1. The maximum Gasteiger partial charge on any atom is 0.418 e. The molecule has 0 radical (unpaired) electrons. The van der Waals surface area contributed by atoms with Crippen LogP contribution in [-0.2, 0) is 6.18 Å². The van der Waals surface area contributed by atoms with E-state index in [9.17, 15) is 13.2 Å². The van der Waals surface area contributed by atoms with Gasteiger partial charge in [-0.2, -0.15) is 13.2 Å². The van der Waals surface area contributed by atoms with Crippen LogP contribution in [0.3, 0.4) is 0 Å². The second-order valence-corrected chi connectivity index (χ2v) is 3.95. The van der Waals surface area contributed by atoms with E-state index >= 15 is 0 Å². The van der Waals surface area contributed by atoms with Crippen LogP contribution in [0.4, 0.5) is 18.9 Å². The highest BCUT2D eigenvalue weighted by Crippen LogP contribution is 2.37. The standard InChI is InChI=1S/C11H12ClF3N2/c1-2-3-10(16)17-9-5-4-7(12)6-8(9)11(13,14)15/h4-6H,2-3H2,1H3,(H2,16,17). The SMILES string of the molecule is CCCC(N)=Nc1ccc(Cl)cc1C(F)(F)F. The highest BCUT2D eigenvalue weighted by Gasteiger charge is 2.33. The Labute approximate surface area is 102 Å². The first-order chi connectivity index (χ1) is 7.84. The van der Waals surface area contributed by atoms with Crippen LogP contribution in [-0.4, -0.2) is 5.84 Å². The molecule has 0 bridgehead atoms. The lowest BCUT2D eigenvalue weighted by molar-refractivity contribution is -0.137. The summed E-state index contributed by atoms with van der Waals surface area (Å²) in [5.41, 5.74) is 4.44. The second kappa shape index (κ2) is 5.40. The molecule has 0 heterocycles. The van der Waals surface area contributed by atoms with Crippen molar-refractivity contribution in [1.29, 1.82) is 0 Å². The summed E-state index contributed by atoms with van der Waals surface area (Å²) in [5.74, 6) is 0.181. The van der Waals surface area contributed by atoms with Crippen molar-refractivity contribution in [3.63, 3.8) is 0 Å². The molecule has 17 heavy (non-hydrogen) atoms. The van der Waals surface area contributed by atoms with Crippen molar-refractivity contribution in [2.24, 2.45) is 10.7 Å². The lowest BCUT2D eigenvalue weighted by Gasteiger charge is -2.10. The Balaban J connectivity index is 3.20. The van der Waals surface area contributed by atoms with E-state index in [2.05, 4.69) is 4.99 Å². The third-order valence-electron chi connectivity index (χ3n) is 2.03. The van der Waals surface area contributed by atoms with Crippen LogP contribution in [0.2, 0.25) is 5.02 Å². The Morgan fingerprint density at radius 2 is 2.06 bits per heavy atom. The number of alkyl halides is 3. The van der Waals surface area contributed by atoms with E-state index < -0.39 is 11.7 Å². The molecule has 0 fully saturated rings. The van der Waals surface area contributed by atoms with Crippen LogP contribution in [0.25, 0.3) is 0 Å². The summed E-state index contributed by atoms with van der Waals surface area (Å²) in [6, 6.07) is 3.42. The third kappa shape index (κ3) is 3.93. The zero-order chi connectivity index (χ0) is 13.1. The van der Waals surface area contributed by atoms with Gasteiger partial charge in [-0.25, -0.2) is 4.99 Å². The quantitative estimate of drug-likeness (QED) is 0.646. The lowest BCUT2D eigenvalue weighted by Crippen LogP contribution is -2.11. The van der Waals surface area contributed by atoms with Gasteiger partial charge in [0.15, 0.2) is 0 Å². The minimum absolute atomic E-state index is 0.0188. The average Bonchev–Trinajstić information content (AvgIpc) is 2.19. The average molecular weight is 265 g/mol. The lowest BCUT2D eigenvalue weighted by atomic mass is 10.1. The molecule has 0 saturated heterocycles. The van der Waals surface area contributed by atoms with Gasteiger partial charge in [0.1, 0.15) is 0 Å². The van der Waals surface area contributed by atoms with E-state index in [1.165, 1.54) is 12.1 Å². The fourth-order valence-corrected chi connectivity index (χ4v) is 1.47. The van der Waals surface area contributed by atoms with Crippen molar-refractivity contribution in [3.05, 3.63) is 28.8 Å². The van der Waals surface area contributed by atoms with Crippen molar-refractivity contribution in [1.82, 2.24) is 0 Å². The van der Waals surface area contributed by atoms with Gasteiger partial charge in [0.25, 0.3) is 0 Å². The highest BCUT2D eigenvalue weighted by atomic mass is 35.5. The maximum atomic E-state index is 12.7. The van der Waals surface area contributed by atoms with Crippen LogP contribution < -0.4 is 5.73 Å². The molecule has 0 aromatic heterocycles. The first-order valence-electron chi connectivity index (χ1n) is 5.04. The number of hydrogen-bond donors (Lipinski definition) is 1. The Kier molecular flexibility index (Phi) is 4.40. The topological polar surface area (TPSA) is 38.4 Å². The summed E-state index contributed by atoms with van der Waals surface area (Å²) in [6.07, 6.45) is -3.31. The number of rotatable bonds is 3. The molecule has 0 aliphatic carbocycles. The first-order valence-corrected chi connectivity index (χ1v) is 5.42. The number of hydrogen-bond acceptors (Lipinski definition) is 1. The molecule has 0 amide bonds. The van der Waals surface area contributed by atoms with Gasteiger partial charge in [0.2, 0.25) is 0 Å². The van der Waals surface area contributed by atoms with E-state index in [4.69, 9.17) is 17.3 Å². The van der Waals surface area contributed by atoms with Crippen LogP contribution >= 0.6 is 11.6 Å². The van der Waals surface area contributed by atoms with E-state index in [1.807, 2.05) is 6.92 Å². The fourth-order valence-electron chi connectivity index (χ4n) is 1.30. The minimum Gasteiger partial charge on any atom is -0.387 e. The van der Waals surface area contributed by atoms with Gasteiger partial charge < -0.3 is 5.73 Å². The molecule has 1 aromatic carbocycles. The summed E-state index contributed by atoms with van der Waals surface area (Å²) < 4.78 is 38.1. The first kappa shape index (κ1) is 13.8. The second-order valence-electron chi connectivity index (χ2n) is 3.51. The van der Waals surface area contributed by atoms with Crippen LogP contribution in [0.1, 0.15) is 25.3 Å². The summed E-state index contributed by atoms with van der Waals surface area (Å²) in [7, 11) is 0. The van der Waals surface area contributed by atoms with Crippen molar-refractivity contribution in [3.8, 4) is 0 Å². The summed E-state index contributed by atoms with van der Waals surface area (Å²) in [6.45, 7) is 1.87. The molecule has 1 rings (SSSR count). The Bertz CT molecular complexity index is 427. The molecule has 1 aromatic rings. The Morgan fingerprint density at radius 3 is 2.59 bits per heavy atom. The Morgan fingerprint density at radius 1 is 1.41 bits per heavy atom. The third-order valence-corrected chi connectivity index (χ3v) is 2.27. The van der Waals surface area contributed by atoms with Crippen LogP contribution in [0.5, 0.6) is 0 Å². The molecule has 0 aliphatic heterocycles. The number of halogens is 4. The van der Waals surface area contributed by atoms with Gasteiger partial charge in [-0.15, -0.1) is 0 Å². The number of nitrogens with two attached hydrogens (primary N) is 1. The molecule has 0 unspecified atom stereocenters. The van der Waals surface area contributed by atoms with Crippen molar-refractivity contribution < 1.29 is 13.2 Å². The molecule has 0 spiro atoms. The number of nitrogens with zero attached hydrogens (tertiary/aromatic N) is 1. The summed E-state index contributed by atoms with van der Waals surface area (Å²) >= 11 is 5.54. The number of aliphatic imine (C=N–C) groups is 1. The monoisotopic (exact) mass is 264 g/mol. The molecular weight excluding hydrogens is 253 g/mol. The van der Waals surface area contributed by atoms with E-state index in [1.54, 1.807) is 0 Å². The fraction of sp³-hybridized carbons (Fsp3) is 0.364. The van der Waals surface area contributed by atoms with E-state index in [0.717, 1.165) is 12.5 Å². The predicted molar refractivity (Wildman–Crippen MR) is 62.6 cm³/mol. The van der Waals surface area contributed by atoms with Crippen molar-refractivity contribution in [2.75, 3.05) is 0 Å². The normalized spacial score (nSPS) is 12.9. The van der Waals surface area contributed by atoms with E-state index in [-0.39, 0.29) is 16.5 Å². The van der Waals surface area contributed by atoms with E-state index in [0.29, 0.717) is 6.42 Å². The van der Waals surface area contributed by atoms with Gasteiger partial charge in [-0.05, 0) is 24.6 Å². The smallest absolute Gasteiger partial charge is 0.387 e. The molecule has 0 aliphatic rings. The largest absolute Gasteiger partial charge is 0.418 e. The van der Waals surface area contributed by atoms with Crippen molar-refractivity contribution in [2.45, 2.75) is 25.9 Å². The van der Waals surface area contributed by atoms with Gasteiger partial charge in [0, 0.05) is 11.4 Å². The summed E-state index contributed by atoms with van der Waals surface area (Å²) in [4.78, 5) is 3.77. The molecule has 0 atom stereocenters. The minimum atomic E-state index is -4.49. The highest BCUT2D eigenvalue weighted by molar-refractivity contribution is 6.30. The van der Waals surface area contributed by atoms with Crippen LogP contribution in [0.15, 0.2) is 23.2 Å². The summed E-state index contributed by atoms with van der Waals surface area (Å²) in [5, 5.41) is 0.0188.